The standard InChI is InChI=1S/C15H13N3O2/c1-20-12-6-4-5-11(9-12)13-10-15(19)18(17-13)14-7-2-3-8-16-14/h2-9H,10H2,1H3. The van der Waals surface area contributed by atoms with Crippen molar-refractivity contribution in [3.63, 3.8) is 0 Å². The number of carbonyl (C=O) groups excluding carboxylic acids is 1. The molecule has 0 N–H and O–H groups in total. The van der Waals surface area contributed by atoms with Crippen molar-refractivity contribution in [2.24, 2.45) is 5.10 Å². The Morgan fingerprint density at radius 2 is 2.10 bits per heavy atom. The summed E-state index contributed by atoms with van der Waals surface area (Å²) in [6.45, 7) is 0. The van der Waals surface area contributed by atoms with Gasteiger partial charge < -0.3 is 4.74 Å². The highest BCUT2D eigenvalue weighted by atomic mass is 16.5. The summed E-state index contributed by atoms with van der Waals surface area (Å²) in [5.74, 6) is 1.20. The molecule has 20 heavy (non-hydrogen) atoms. The largest absolute Gasteiger partial charge is 0.497 e. The molecule has 100 valence electrons. The van der Waals surface area contributed by atoms with Crippen molar-refractivity contribution in [1.82, 2.24) is 4.98 Å². The Hall–Kier alpha value is -2.69. The van der Waals surface area contributed by atoms with Gasteiger partial charge in [-0.25, -0.2) is 4.98 Å². The number of hydrogen-bond donors (Lipinski definition) is 0. The molecule has 0 aliphatic carbocycles. The minimum atomic E-state index is -0.0819. The Morgan fingerprint density at radius 1 is 1.20 bits per heavy atom. The fraction of sp³-hybridized carbons (Fsp3) is 0.133. The highest BCUT2D eigenvalue weighted by molar-refractivity contribution is 6.19. The topological polar surface area (TPSA) is 54.8 Å². The molecule has 5 nitrogen and oxygen atoms in total. The highest BCUT2D eigenvalue weighted by Crippen LogP contribution is 2.22. The average Bonchev–Trinajstić information content (AvgIpc) is 2.90. The highest BCUT2D eigenvalue weighted by Gasteiger charge is 2.26. The van der Waals surface area contributed by atoms with Gasteiger partial charge in [0, 0.05) is 11.8 Å². The molecule has 1 aromatic heterocycles. The van der Waals surface area contributed by atoms with Crippen LogP contribution in [0.2, 0.25) is 0 Å². The second-order valence-electron chi connectivity index (χ2n) is 4.35. The summed E-state index contributed by atoms with van der Waals surface area (Å²) in [6, 6.07) is 12.9. The number of aromatic nitrogens is 1. The summed E-state index contributed by atoms with van der Waals surface area (Å²) in [5, 5.41) is 5.71. The first-order chi connectivity index (χ1) is 9.78. The second-order valence-corrected chi connectivity index (χ2v) is 4.35. The number of amides is 1. The molecule has 0 bridgehead atoms. The number of carbonyl (C=O) groups is 1. The quantitative estimate of drug-likeness (QED) is 0.857. The van der Waals surface area contributed by atoms with Gasteiger partial charge in [-0.3, -0.25) is 4.79 Å². The van der Waals surface area contributed by atoms with Crippen LogP contribution in [0.4, 0.5) is 5.82 Å². The van der Waals surface area contributed by atoms with Gasteiger partial charge in [0.2, 0.25) is 0 Å². The lowest BCUT2D eigenvalue weighted by molar-refractivity contribution is -0.116. The van der Waals surface area contributed by atoms with Gasteiger partial charge in [-0.15, -0.1) is 0 Å². The Kier molecular flexibility index (Phi) is 3.16. The molecule has 0 saturated heterocycles. The van der Waals surface area contributed by atoms with Crippen LogP contribution >= 0.6 is 0 Å². The maximum absolute atomic E-state index is 12.1. The van der Waals surface area contributed by atoms with Gasteiger partial charge in [-0.05, 0) is 24.3 Å². The van der Waals surface area contributed by atoms with Crippen LogP contribution in [0.15, 0.2) is 53.8 Å². The van der Waals surface area contributed by atoms with Crippen LogP contribution in [-0.4, -0.2) is 23.7 Å². The predicted octanol–water partition coefficient (Wildman–Crippen LogP) is 2.23. The molecule has 0 unspecified atom stereocenters. The van der Waals surface area contributed by atoms with Gasteiger partial charge in [-0.1, -0.05) is 18.2 Å². The molecule has 1 aliphatic heterocycles. The van der Waals surface area contributed by atoms with E-state index in [2.05, 4.69) is 10.1 Å². The van der Waals surface area contributed by atoms with Crippen molar-refractivity contribution >= 4 is 17.4 Å². The van der Waals surface area contributed by atoms with Crippen LogP contribution in [0.3, 0.4) is 0 Å². The number of anilines is 1. The fourth-order valence-electron chi connectivity index (χ4n) is 2.05. The summed E-state index contributed by atoms with van der Waals surface area (Å²) in [4.78, 5) is 16.2. The van der Waals surface area contributed by atoms with Crippen molar-refractivity contribution < 1.29 is 9.53 Å². The monoisotopic (exact) mass is 267 g/mol. The Balaban J connectivity index is 1.94. The molecule has 1 amide bonds. The minimum absolute atomic E-state index is 0.0819. The van der Waals surface area contributed by atoms with Gasteiger partial charge >= 0.3 is 0 Å². The van der Waals surface area contributed by atoms with E-state index in [1.807, 2.05) is 30.3 Å². The van der Waals surface area contributed by atoms with E-state index in [0.717, 1.165) is 17.0 Å². The van der Waals surface area contributed by atoms with Gasteiger partial charge in [-0.2, -0.15) is 10.1 Å². The molecule has 0 radical (unpaired) electrons. The number of methoxy groups -OCH3 is 1. The molecular weight excluding hydrogens is 254 g/mol. The van der Waals surface area contributed by atoms with E-state index in [4.69, 9.17) is 4.74 Å². The van der Waals surface area contributed by atoms with E-state index in [1.54, 1.807) is 25.4 Å². The Labute approximate surface area is 116 Å². The molecule has 3 rings (SSSR count). The van der Waals surface area contributed by atoms with Crippen molar-refractivity contribution in [1.29, 1.82) is 0 Å². The number of hydrazone groups is 1. The van der Waals surface area contributed by atoms with E-state index in [1.165, 1.54) is 5.01 Å². The zero-order valence-corrected chi connectivity index (χ0v) is 11.0. The molecule has 1 aromatic carbocycles. The third-order valence-electron chi connectivity index (χ3n) is 3.04. The van der Waals surface area contributed by atoms with Crippen LogP contribution in [-0.2, 0) is 4.79 Å². The van der Waals surface area contributed by atoms with E-state index in [-0.39, 0.29) is 12.3 Å². The lowest BCUT2D eigenvalue weighted by Gasteiger charge is -2.09. The van der Waals surface area contributed by atoms with Crippen molar-refractivity contribution in [3.05, 3.63) is 54.2 Å². The van der Waals surface area contributed by atoms with Gasteiger partial charge in [0.25, 0.3) is 5.91 Å². The first-order valence-electron chi connectivity index (χ1n) is 6.24. The zero-order chi connectivity index (χ0) is 13.9. The number of pyridine rings is 1. The van der Waals surface area contributed by atoms with Crippen molar-refractivity contribution in [3.8, 4) is 5.75 Å². The van der Waals surface area contributed by atoms with E-state index < -0.39 is 0 Å². The predicted molar refractivity (Wildman–Crippen MR) is 75.9 cm³/mol. The molecule has 0 spiro atoms. The third-order valence-corrected chi connectivity index (χ3v) is 3.04. The normalized spacial score (nSPS) is 14.3. The Bertz CT molecular complexity index is 668. The van der Waals surface area contributed by atoms with Crippen LogP contribution < -0.4 is 9.75 Å². The summed E-state index contributed by atoms with van der Waals surface area (Å²) in [5.41, 5.74) is 1.61. The molecular formula is C15H13N3O2. The molecule has 0 saturated carbocycles. The lowest BCUT2D eigenvalue weighted by Crippen LogP contribution is -2.20. The maximum Gasteiger partial charge on any atom is 0.254 e. The fourth-order valence-corrected chi connectivity index (χ4v) is 2.05. The summed E-state index contributed by atoms with van der Waals surface area (Å²) < 4.78 is 5.19. The maximum atomic E-state index is 12.1. The zero-order valence-electron chi connectivity index (χ0n) is 11.0. The minimum Gasteiger partial charge on any atom is -0.497 e. The van der Waals surface area contributed by atoms with Crippen molar-refractivity contribution in [2.45, 2.75) is 6.42 Å². The molecule has 0 fully saturated rings. The molecule has 1 aliphatic rings. The van der Waals surface area contributed by atoms with Crippen LogP contribution in [0, 0.1) is 0 Å². The van der Waals surface area contributed by atoms with E-state index in [0.29, 0.717) is 5.82 Å². The Morgan fingerprint density at radius 3 is 2.85 bits per heavy atom. The first-order valence-corrected chi connectivity index (χ1v) is 6.24. The van der Waals surface area contributed by atoms with Crippen LogP contribution in [0.25, 0.3) is 0 Å². The molecule has 2 aromatic rings. The number of hydrogen-bond acceptors (Lipinski definition) is 4. The summed E-state index contributed by atoms with van der Waals surface area (Å²) in [6.07, 6.45) is 1.91. The summed E-state index contributed by atoms with van der Waals surface area (Å²) >= 11 is 0. The van der Waals surface area contributed by atoms with Gasteiger partial charge in [0.05, 0.1) is 19.2 Å². The van der Waals surface area contributed by atoms with Crippen molar-refractivity contribution in [2.75, 3.05) is 12.1 Å². The molecule has 2 heterocycles. The number of nitrogens with zero attached hydrogens (tertiary/aromatic N) is 3. The number of benzene rings is 1. The van der Waals surface area contributed by atoms with E-state index >= 15 is 0 Å². The smallest absolute Gasteiger partial charge is 0.254 e. The van der Waals surface area contributed by atoms with E-state index in [9.17, 15) is 4.79 Å². The molecule has 5 heteroatoms. The lowest BCUT2D eigenvalue weighted by atomic mass is 10.1. The van der Waals surface area contributed by atoms with Crippen LogP contribution in [0.1, 0.15) is 12.0 Å². The number of ether oxygens (including phenoxy) is 1. The van der Waals surface area contributed by atoms with Gasteiger partial charge in [0.15, 0.2) is 5.82 Å². The molecule has 0 atom stereocenters. The summed E-state index contributed by atoms with van der Waals surface area (Å²) in [7, 11) is 1.61. The SMILES string of the molecule is COc1cccc(C2=NN(c3ccccn3)C(=O)C2)c1. The average molecular weight is 267 g/mol. The third kappa shape index (κ3) is 2.25. The number of rotatable bonds is 3. The van der Waals surface area contributed by atoms with Crippen LogP contribution in [0.5, 0.6) is 5.75 Å². The first kappa shape index (κ1) is 12.3. The second kappa shape index (κ2) is 5.13. The van der Waals surface area contributed by atoms with Gasteiger partial charge in [0.1, 0.15) is 5.75 Å².